The van der Waals surface area contributed by atoms with Gasteiger partial charge in [0.25, 0.3) is 0 Å². The second-order valence-electron chi connectivity index (χ2n) is 3.99. The number of benzene rings is 1. The molecule has 0 bridgehead atoms. The fourth-order valence-corrected chi connectivity index (χ4v) is 2.03. The van der Waals surface area contributed by atoms with Crippen molar-refractivity contribution in [2.75, 3.05) is 24.7 Å². The lowest BCUT2D eigenvalue weighted by Crippen LogP contribution is -2.30. The fraction of sp³-hybridized carbons (Fsp3) is 0.417. The molecular formula is C12H19N3O3S. The number of nitrogens with one attached hydrogen (secondary N) is 3. The van der Waals surface area contributed by atoms with Crippen molar-refractivity contribution in [1.82, 2.24) is 10.0 Å². The molecule has 0 radical (unpaired) electrons. The minimum atomic E-state index is -3.54. The van der Waals surface area contributed by atoms with Crippen molar-refractivity contribution in [3.8, 4) is 0 Å². The normalized spacial score (nSPS) is 11.3. The SMILES string of the molecule is CCNCc1cccc(NC(=O)CS(=O)(=O)NC)c1. The molecule has 1 amide bonds. The lowest BCUT2D eigenvalue weighted by atomic mass is 10.2. The predicted molar refractivity (Wildman–Crippen MR) is 75.3 cm³/mol. The average Bonchev–Trinajstić information content (AvgIpc) is 2.36. The van der Waals surface area contributed by atoms with Crippen LogP contribution in [0.15, 0.2) is 24.3 Å². The summed E-state index contributed by atoms with van der Waals surface area (Å²) in [6.45, 7) is 3.57. The summed E-state index contributed by atoms with van der Waals surface area (Å²) in [5, 5.41) is 5.74. The molecule has 0 saturated heterocycles. The van der Waals surface area contributed by atoms with Crippen LogP contribution in [0.4, 0.5) is 5.69 Å². The molecule has 0 fully saturated rings. The molecule has 6 nitrogen and oxygen atoms in total. The van der Waals surface area contributed by atoms with E-state index in [-0.39, 0.29) is 0 Å². The molecule has 0 spiro atoms. The maximum Gasteiger partial charge on any atom is 0.240 e. The summed E-state index contributed by atoms with van der Waals surface area (Å²) in [6.07, 6.45) is 0. The third kappa shape index (κ3) is 5.82. The predicted octanol–water partition coefficient (Wildman–Crippen LogP) is 0.284. The van der Waals surface area contributed by atoms with Gasteiger partial charge in [0, 0.05) is 12.2 Å². The second-order valence-corrected chi connectivity index (χ2v) is 5.92. The molecule has 0 aliphatic carbocycles. The van der Waals surface area contributed by atoms with Crippen molar-refractivity contribution < 1.29 is 13.2 Å². The molecule has 3 N–H and O–H groups in total. The average molecular weight is 285 g/mol. The van der Waals surface area contributed by atoms with E-state index in [9.17, 15) is 13.2 Å². The van der Waals surface area contributed by atoms with Crippen molar-refractivity contribution in [3.05, 3.63) is 29.8 Å². The van der Waals surface area contributed by atoms with Gasteiger partial charge in [-0.1, -0.05) is 19.1 Å². The number of sulfonamides is 1. The van der Waals surface area contributed by atoms with Crippen molar-refractivity contribution in [1.29, 1.82) is 0 Å². The first kappa shape index (κ1) is 15.6. The van der Waals surface area contributed by atoms with Gasteiger partial charge in [-0.15, -0.1) is 0 Å². The van der Waals surface area contributed by atoms with Crippen LogP contribution in [-0.2, 0) is 21.4 Å². The quantitative estimate of drug-likeness (QED) is 0.672. The highest BCUT2D eigenvalue weighted by Gasteiger charge is 2.14. The highest BCUT2D eigenvalue weighted by molar-refractivity contribution is 7.90. The molecular weight excluding hydrogens is 266 g/mol. The Bertz CT molecular complexity index is 529. The molecule has 0 atom stereocenters. The zero-order chi connectivity index (χ0) is 14.3. The second kappa shape index (κ2) is 7.22. The monoisotopic (exact) mass is 285 g/mol. The highest BCUT2D eigenvalue weighted by Crippen LogP contribution is 2.10. The van der Waals surface area contributed by atoms with Crippen molar-refractivity contribution in [3.63, 3.8) is 0 Å². The first-order valence-electron chi connectivity index (χ1n) is 5.97. The molecule has 0 heterocycles. The maximum atomic E-state index is 11.6. The van der Waals surface area contributed by atoms with Crippen LogP contribution >= 0.6 is 0 Å². The van der Waals surface area contributed by atoms with Crippen LogP contribution in [0, 0.1) is 0 Å². The zero-order valence-electron chi connectivity index (χ0n) is 11.1. The van der Waals surface area contributed by atoms with Gasteiger partial charge in [-0.2, -0.15) is 0 Å². The van der Waals surface area contributed by atoms with Crippen LogP contribution in [0.25, 0.3) is 0 Å². The molecule has 19 heavy (non-hydrogen) atoms. The summed E-state index contributed by atoms with van der Waals surface area (Å²) < 4.78 is 24.6. The molecule has 0 aliphatic heterocycles. The Kier molecular flexibility index (Phi) is 5.94. The van der Waals surface area contributed by atoms with Gasteiger partial charge in [0.2, 0.25) is 15.9 Å². The number of hydrogen-bond donors (Lipinski definition) is 3. The molecule has 106 valence electrons. The third-order valence-corrected chi connectivity index (χ3v) is 3.69. The summed E-state index contributed by atoms with van der Waals surface area (Å²) in [4.78, 5) is 11.6. The van der Waals surface area contributed by atoms with Gasteiger partial charge < -0.3 is 10.6 Å². The van der Waals surface area contributed by atoms with Crippen LogP contribution in [0.3, 0.4) is 0 Å². The third-order valence-electron chi connectivity index (χ3n) is 2.42. The minimum absolute atomic E-state index is 0.560. The van der Waals surface area contributed by atoms with E-state index < -0.39 is 21.7 Å². The van der Waals surface area contributed by atoms with Crippen LogP contribution < -0.4 is 15.4 Å². The number of carbonyl (C=O) groups is 1. The summed E-state index contributed by atoms with van der Waals surface area (Å²) >= 11 is 0. The first-order valence-corrected chi connectivity index (χ1v) is 7.63. The maximum absolute atomic E-state index is 11.6. The highest BCUT2D eigenvalue weighted by atomic mass is 32.2. The van der Waals surface area contributed by atoms with E-state index in [2.05, 4.69) is 15.4 Å². The van der Waals surface area contributed by atoms with Gasteiger partial charge in [-0.05, 0) is 31.3 Å². The fourth-order valence-electron chi connectivity index (χ4n) is 1.47. The number of amides is 1. The van der Waals surface area contributed by atoms with Crippen LogP contribution in [0.1, 0.15) is 12.5 Å². The smallest absolute Gasteiger partial charge is 0.240 e. The molecule has 0 unspecified atom stereocenters. The van der Waals surface area contributed by atoms with E-state index in [0.29, 0.717) is 12.2 Å². The Hall–Kier alpha value is -1.44. The molecule has 0 aromatic heterocycles. The standard InChI is InChI=1S/C12H19N3O3S/c1-3-14-8-10-5-4-6-11(7-10)15-12(16)9-19(17,18)13-2/h4-7,13-14H,3,8-9H2,1-2H3,(H,15,16). The summed E-state index contributed by atoms with van der Waals surface area (Å²) in [6, 6.07) is 7.28. The van der Waals surface area contributed by atoms with Gasteiger partial charge in [0.05, 0.1) is 0 Å². The van der Waals surface area contributed by atoms with E-state index in [4.69, 9.17) is 0 Å². The molecule has 1 aromatic carbocycles. The van der Waals surface area contributed by atoms with Crippen molar-refractivity contribution >= 4 is 21.6 Å². The Morgan fingerprint density at radius 3 is 2.68 bits per heavy atom. The number of hydrogen-bond acceptors (Lipinski definition) is 4. The van der Waals surface area contributed by atoms with Gasteiger partial charge in [0.15, 0.2) is 0 Å². The van der Waals surface area contributed by atoms with E-state index in [1.807, 2.05) is 25.1 Å². The van der Waals surface area contributed by atoms with E-state index >= 15 is 0 Å². The van der Waals surface area contributed by atoms with Gasteiger partial charge in [-0.25, -0.2) is 13.1 Å². The number of anilines is 1. The zero-order valence-corrected chi connectivity index (χ0v) is 11.9. The number of carbonyl (C=O) groups excluding carboxylic acids is 1. The summed E-state index contributed by atoms with van der Waals surface area (Å²) in [5.74, 6) is -1.14. The minimum Gasteiger partial charge on any atom is -0.325 e. The molecule has 0 saturated carbocycles. The lowest BCUT2D eigenvalue weighted by Gasteiger charge is -2.08. The molecule has 7 heteroatoms. The summed E-state index contributed by atoms with van der Waals surface area (Å²) in [5.41, 5.74) is 1.61. The van der Waals surface area contributed by atoms with Crippen molar-refractivity contribution in [2.45, 2.75) is 13.5 Å². The van der Waals surface area contributed by atoms with E-state index in [0.717, 1.165) is 12.1 Å². The Balaban J connectivity index is 2.64. The Morgan fingerprint density at radius 2 is 2.05 bits per heavy atom. The van der Waals surface area contributed by atoms with Crippen LogP contribution in [0.2, 0.25) is 0 Å². The Labute approximate surface area is 113 Å². The van der Waals surface area contributed by atoms with Gasteiger partial charge >= 0.3 is 0 Å². The van der Waals surface area contributed by atoms with E-state index in [1.165, 1.54) is 7.05 Å². The number of rotatable bonds is 7. The van der Waals surface area contributed by atoms with Crippen LogP contribution in [-0.4, -0.2) is 33.7 Å². The molecule has 0 aliphatic rings. The van der Waals surface area contributed by atoms with Gasteiger partial charge in [0.1, 0.15) is 5.75 Å². The lowest BCUT2D eigenvalue weighted by molar-refractivity contribution is -0.113. The summed E-state index contributed by atoms with van der Waals surface area (Å²) in [7, 11) is -2.26. The molecule has 1 aromatic rings. The topological polar surface area (TPSA) is 87.3 Å². The first-order chi connectivity index (χ1) is 8.96. The van der Waals surface area contributed by atoms with Crippen LogP contribution in [0.5, 0.6) is 0 Å². The van der Waals surface area contributed by atoms with E-state index in [1.54, 1.807) is 6.07 Å². The Morgan fingerprint density at radius 1 is 1.32 bits per heavy atom. The molecule has 1 rings (SSSR count). The van der Waals surface area contributed by atoms with Gasteiger partial charge in [-0.3, -0.25) is 4.79 Å². The largest absolute Gasteiger partial charge is 0.325 e. The van der Waals surface area contributed by atoms with Crippen molar-refractivity contribution in [2.24, 2.45) is 0 Å².